The lowest BCUT2D eigenvalue weighted by Crippen LogP contribution is -2.40. The number of likely N-dealkylation sites (tertiary alicyclic amines) is 1. The average molecular weight is 380 g/mol. The van der Waals surface area contributed by atoms with Gasteiger partial charge in [-0.3, -0.25) is 19.6 Å². The molecule has 0 unspecified atom stereocenters. The minimum absolute atomic E-state index is 0. The molecule has 9 heteroatoms. The van der Waals surface area contributed by atoms with Crippen LogP contribution in [0.3, 0.4) is 0 Å². The third-order valence-corrected chi connectivity index (χ3v) is 4.28. The van der Waals surface area contributed by atoms with Gasteiger partial charge < -0.3 is 10.4 Å². The maximum absolute atomic E-state index is 12.4. The Hall–Kier alpha value is -2.45. The summed E-state index contributed by atoms with van der Waals surface area (Å²) in [5, 5.41) is 19.0. The van der Waals surface area contributed by atoms with Gasteiger partial charge in [-0.15, -0.1) is 12.4 Å². The first-order valence-electron chi connectivity index (χ1n) is 8.21. The van der Waals surface area contributed by atoms with E-state index in [1.807, 2.05) is 32.0 Å². The maximum atomic E-state index is 12.4. The van der Waals surface area contributed by atoms with Crippen molar-refractivity contribution >= 4 is 30.0 Å². The van der Waals surface area contributed by atoms with Crippen molar-refractivity contribution in [3.05, 3.63) is 29.6 Å². The molecule has 3 N–H and O–H groups in total. The standard InChI is InChI=1S/C17H21N5O3.ClH/c1-10-5-6-12(16-18-11(2)20-21-16)13(8-10)19-15(23)9-22-7-3-4-14(22)17(24)25;/h5-6,8,14H,3-4,7,9H2,1-2H3,(H,19,23)(H,24,25)(H,18,20,21);1H/t14-;/m0./s1. The van der Waals surface area contributed by atoms with Crippen LogP contribution in [0.15, 0.2) is 18.2 Å². The molecule has 0 aliphatic carbocycles. The van der Waals surface area contributed by atoms with Crippen LogP contribution in [0.4, 0.5) is 5.69 Å². The maximum Gasteiger partial charge on any atom is 0.320 e. The number of aromatic nitrogens is 3. The summed E-state index contributed by atoms with van der Waals surface area (Å²) in [6, 6.07) is 5.07. The number of carbonyl (C=O) groups is 2. The van der Waals surface area contributed by atoms with Crippen LogP contribution in [0, 0.1) is 13.8 Å². The van der Waals surface area contributed by atoms with Crippen molar-refractivity contribution in [3.8, 4) is 11.4 Å². The van der Waals surface area contributed by atoms with Crippen molar-refractivity contribution in [2.45, 2.75) is 32.7 Å². The van der Waals surface area contributed by atoms with E-state index < -0.39 is 12.0 Å². The fourth-order valence-corrected chi connectivity index (χ4v) is 3.09. The van der Waals surface area contributed by atoms with Crippen LogP contribution in [-0.2, 0) is 9.59 Å². The summed E-state index contributed by atoms with van der Waals surface area (Å²) < 4.78 is 0. The van der Waals surface area contributed by atoms with E-state index in [9.17, 15) is 14.7 Å². The lowest BCUT2D eigenvalue weighted by molar-refractivity contribution is -0.142. The van der Waals surface area contributed by atoms with Crippen molar-refractivity contribution in [1.29, 1.82) is 0 Å². The summed E-state index contributed by atoms with van der Waals surface area (Å²) in [4.78, 5) is 29.7. The number of carboxylic acids is 1. The van der Waals surface area contributed by atoms with Crippen molar-refractivity contribution in [1.82, 2.24) is 20.1 Å². The van der Waals surface area contributed by atoms with E-state index in [2.05, 4.69) is 20.5 Å². The molecule has 1 atom stereocenters. The fraction of sp³-hybridized carbons (Fsp3) is 0.412. The third-order valence-electron chi connectivity index (χ3n) is 4.28. The SMILES string of the molecule is Cc1ccc(-c2n[nH]c(C)n2)c(NC(=O)CN2CCC[C@H]2C(=O)O)c1.Cl. The van der Waals surface area contributed by atoms with Crippen LogP contribution in [0.2, 0.25) is 0 Å². The van der Waals surface area contributed by atoms with Gasteiger partial charge in [-0.25, -0.2) is 4.98 Å². The van der Waals surface area contributed by atoms with Crippen LogP contribution in [0.25, 0.3) is 11.4 Å². The third kappa shape index (κ3) is 4.39. The Bertz CT molecular complexity index is 807. The molecule has 1 aliphatic rings. The second-order valence-electron chi connectivity index (χ2n) is 6.31. The molecule has 3 rings (SSSR count). The van der Waals surface area contributed by atoms with E-state index in [1.165, 1.54) is 0 Å². The van der Waals surface area contributed by atoms with Gasteiger partial charge in [-0.2, -0.15) is 5.10 Å². The highest BCUT2D eigenvalue weighted by Gasteiger charge is 2.31. The zero-order valence-corrected chi connectivity index (χ0v) is 15.5. The number of carboxylic acid groups (broad SMARTS) is 1. The van der Waals surface area contributed by atoms with Crippen molar-refractivity contribution in [3.63, 3.8) is 0 Å². The Kier molecular flexibility index (Phi) is 6.33. The second kappa shape index (κ2) is 8.29. The first-order chi connectivity index (χ1) is 11.9. The number of nitrogens with one attached hydrogen (secondary N) is 2. The van der Waals surface area contributed by atoms with Crippen molar-refractivity contribution in [2.75, 3.05) is 18.4 Å². The topological polar surface area (TPSA) is 111 Å². The largest absolute Gasteiger partial charge is 0.480 e. The molecule has 0 bridgehead atoms. The quantitative estimate of drug-likeness (QED) is 0.732. The number of aromatic amines is 1. The monoisotopic (exact) mass is 379 g/mol. The molecular formula is C17H22ClN5O3. The summed E-state index contributed by atoms with van der Waals surface area (Å²) in [5.41, 5.74) is 2.34. The predicted octanol–water partition coefficient (Wildman–Crippen LogP) is 2.00. The van der Waals surface area contributed by atoms with E-state index >= 15 is 0 Å². The first kappa shape index (κ1) is 19.9. The van der Waals surface area contributed by atoms with Gasteiger partial charge >= 0.3 is 5.97 Å². The minimum Gasteiger partial charge on any atom is -0.480 e. The van der Waals surface area contributed by atoms with Crippen LogP contribution in [-0.4, -0.2) is 56.2 Å². The molecule has 0 saturated carbocycles. The van der Waals surface area contributed by atoms with Gasteiger partial charge in [0.2, 0.25) is 5.91 Å². The number of H-pyrrole nitrogens is 1. The summed E-state index contributed by atoms with van der Waals surface area (Å²) >= 11 is 0. The molecule has 0 spiro atoms. The van der Waals surface area contributed by atoms with Gasteiger partial charge in [-0.1, -0.05) is 6.07 Å². The Morgan fingerprint density at radius 2 is 2.15 bits per heavy atom. The van der Waals surface area contributed by atoms with Crippen LogP contribution in [0.1, 0.15) is 24.2 Å². The molecule has 0 radical (unpaired) electrons. The molecule has 140 valence electrons. The van der Waals surface area contributed by atoms with Gasteiger partial charge in [0.15, 0.2) is 5.82 Å². The summed E-state index contributed by atoms with van der Waals surface area (Å²) in [6.07, 6.45) is 1.37. The predicted molar refractivity (Wildman–Crippen MR) is 99.4 cm³/mol. The molecule has 8 nitrogen and oxygen atoms in total. The second-order valence-corrected chi connectivity index (χ2v) is 6.31. The van der Waals surface area contributed by atoms with Gasteiger partial charge in [0.1, 0.15) is 11.9 Å². The molecule has 1 fully saturated rings. The Morgan fingerprint density at radius 3 is 2.81 bits per heavy atom. The number of carbonyl (C=O) groups excluding carboxylic acids is 1. The molecule has 1 aromatic carbocycles. The normalized spacial score (nSPS) is 16.9. The number of halogens is 1. The number of aryl methyl sites for hydroxylation is 2. The van der Waals surface area contributed by atoms with Crippen LogP contribution >= 0.6 is 12.4 Å². The highest BCUT2D eigenvalue weighted by atomic mass is 35.5. The summed E-state index contributed by atoms with van der Waals surface area (Å²) in [6.45, 7) is 4.41. The summed E-state index contributed by atoms with van der Waals surface area (Å²) in [7, 11) is 0. The highest BCUT2D eigenvalue weighted by molar-refractivity contribution is 5.96. The zero-order valence-electron chi connectivity index (χ0n) is 14.7. The lowest BCUT2D eigenvalue weighted by atomic mass is 10.1. The van der Waals surface area contributed by atoms with E-state index in [-0.39, 0.29) is 24.9 Å². The minimum atomic E-state index is -0.877. The molecule has 2 aromatic rings. The first-order valence-corrected chi connectivity index (χ1v) is 8.21. The lowest BCUT2D eigenvalue weighted by Gasteiger charge is -2.20. The van der Waals surface area contributed by atoms with Crippen LogP contribution < -0.4 is 5.32 Å². The van der Waals surface area contributed by atoms with Crippen LogP contribution in [0.5, 0.6) is 0 Å². The fourth-order valence-electron chi connectivity index (χ4n) is 3.09. The highest BCUT2D eigenvalue weighted by Crippen LogP contribution is 2.26. The van der Waals surface area contributed by atoms with Gasteiger partial charge in [-0.05, 0) is 50.9 Å². The number of rotatable bonds is 5. The van der Waals surface area contributed by atoms with Crippen molar-refractivity contribution in [2.24, 2.45) is 0 Å². The Balaban J connectivity index is 0.00000243. The Morgan fingerprint density at radius 1 is 1.38 bits per heavy atom. The van der Waals surface area contributed by atoms with Crippen molar-refractivity contribution < 1.29 is 14.7 Å². The number of hydrogen-bond acceptors (Lipinski definition) is 5. The number of benzene rings is 1. The van der Waals surface area contributed by atoms with E-state index in [1.54, 1.807) is 4.90 Å². The zero-order chi connectivity index (χ0) is 18.0. The number of aliphatic carboxylic acids is 1. The number of amides is 1. The number of anilines is 1. The molecule has 1 saturated heterocycles. The number of nitrogens with zero attached hydrogens (tertiary/aromatic N) is 3. The molecule has 26 heavy (non-hydrogen) atoms. The number of hydrogen-bond donors (Lipinski definition) is 3. The summed E-state index contributed by atoms with van der Waals surface area (Å²) in [5.74, 6) is 0.0802. The van der Waals surface area contributed by atoms with E-state index in [0.29, 0.717) is 30.3 Å². The molecular weight excluding hydrogens is 358 g/mol. The molecule has 2 heterocycles. The van der Waals surface area contributed by atoms with Gasteiger partial charge in [0, 0.05) is 5.56 Å². The van der Waals surface area contributed by atoms with Gasteiger partial charge in [0.25, 0.3) is 0 Å². The van der Waals surface area contributed by atoms with E-state index in [4.69, 9.17) is 0 Å². The van der Waals surface area contributed by atoms with Gasteiger partial charge in [0.05, 0.1) is 12.2 Å². The molecule has 1 amide bonds. The smallest absolute Gasteiger partial charge is 0.320 e. The van der Waals surface area contributed by atoms with E-state index in [0.717, 1.165) is 17.5 Å². The molecule has 1 aromatic heterocycles. The Labute approximate surface area is 157 Å². The molecule has 1 aliphatic heterocycles. The average Bonchev–Trinajstić information content (AvgIpc) is 3.16.